The van der Waals surface area contributed by atoms with Gasteiger partial charge in [0.1, 0.15) is 4.88 Å². The normalized spacial score (nSPS) is 10.0. The number of amides is 1. The summed E-state index contributed by atoms with van der Waals surface area (Å²) >= 11 is 1.22. The largest absolute Gasteiger partial charge is 0.465 e. The molecule has 0 atom stereocenters. The van der Waals surface area contributed by atoms with Gasteiger partial charge < -0.3 is 15.2 Å². The van der Waals surface area contributed by atoms with E-state index in [-0.39, 0.29) is 12.5 Å². The number of nitrogens with one attached hydrogen (secondary N) is 1. The molecule has 1 aromatic heterocycles. The number of unbranched alkanes of at least 4 members (excludes halogenated alkanes) is 1. The van der Waals surface area contributed by atoms with Gasteiger partial charge in [0.2, 0.25) is 5.91 Å². The molecule has 94 valence electrons. The fourth-order valence-electron chi connectivity index (χ4n) is 1.27. The Bertz CT molecular complexity index is 389. The zero-order valence-corrected chi connectivity index (χ0v) is 10.4. The Morgan fingerprint density at radius 2 is 2.24 bits per heavy atom. The number of methoxy groups -OCH3 is 1. The number of ether oxygens (including phenoxy) is 1. The number of esters is 1. The van der Waals surface area contributed by atoms with Crippen molar-refractivity contribution < 1.29 is 19.4 Å². The van der Waals surface area contributed by atoms with Gasteiger partial charge in [0, 0.05) is 13.0 Å². The molecule has 5 nitrogen and oxygen atoms in total. The molecule has 17 heavy (non-hydrogen) atoms. The van der Waals surface area contributed by atoms with E-state index in [1.165, 1.54) is 18.4 Å². The van der Waals surface area contributed by atoms with Gasteiger partial charge in [-0.25, -0.2) is 4.79 Å². The summed E-state index contributed by atoms with van der Waals surface area (Å²) in [6.45, 7) is 0.0825. The second kappa shape index (κ2) is 7.03. The van der Waals surface area contributed by atoms with Crippen LogP contribution in [0.4, 0.5) is 5.69 Å². The van der Waals surface area contributed by atoms with Crippen LogP contribution in [0.15, 0.2) is 11.4 Å². The third kappa shape index (κ3) is 4.16. The predicted molar refractivity (Wildman–Crippen MR) is 65.2 cm³/mol. The molecular weight excluding hydrogens is 242 g/mol. The number of carbonyl (C=O) groups excluding carboxylic acids is 2. The summed E-state index contributed by atoms with van der Waals surface area (Å²) in [7, 11) is 1.30. The first kappa shape index (κ1) is 13.7. The molecule has 0 saturated carbocycles. The van der Waals surface area contributed by atoms with Gasteiger partial charge in [0.05, 0.1) is 12.8 Å². The van der Waals surface area contributed by atoms with Crippen LogP contribution in [0.5, 0.6) is 0 Å². The highest BCUT2D eigenvalue weighted by Gasteiger charge is 2.15. The number of hydrogen-bond acceptors (Lipinski definition) is 5. The molecule has 0 unspecified atom stereocenters. The van der Waals surface area contributed by atoms with Gasteiger partial charge in [0.25, 0.3) is 0 Å². The number of aliphatic hydroxyl groups excluding tert-OH is 1. The van der Waals surface area contributed by atoms with Gasteiger partial charge in [-0.05, 0) is 24.3 Å². The van der Waals surface area contributed by atoms with Crippen molar-refractivity contribution in [3.8, 4) is 0 Å². The van der Waals surface area contributed by atoms with E-state index in [2.05, 4.69) is 10.1 Å². The van der Waals surface area contributed by atoms with Crippen LogP contribution in [-0.2, 0) is 9.53 Å². The Balaban J connectivity index is 2.53. The van der Waals surface area contributed by atoms with Gasteiger partial charge in [0.15, 0.2) is 0 Å². The summed E-state index contributed by atoms with van der Waals surface area (Å²) in [6.07, 6.45) is 1.55. The monoisotopic (exact) mass is 257 g/mol. The highest BCUT2D eigenvalue weighted by atomic mass is 32.1. The SMILES string of the molecule is COC(=O)c1sccc1NC(=O)CCCCO. The molecule has 0 radical (unpaired) electrons. The molecule has 1 heterocycles. The number of hydrogen-bond donors (Lipinski definition) is 2. The summed E-state index contributed by atoms with van der Waals surface area (Å²) in [5, 5.41) is 13.0. The van der Waals surface area contributed by atoms with Crippen LogP contribution in [0.25, 0.3) is 0 Å². The fraction of sp³-hybridized carbons (Fsp3) is 0.455. The van der Waals surface area contributed by atoms with Crippen molar-refractivity contribution in [1.82, 2.24) is 0 Å². The quantitative estimate of drug-likeness (QED) is 0.600. The Hall–Kier alpha value is -1.40. The van der Waals surface area contributed by atoms with Gasteiger partial charge >= 0.3 is 5.97 Å². The summed E-state index contributed by atoms with van der Waals surface area (Å²) in [4.78, 5) is 23.2. The molecule has 0 aliphatic heterocycles. The van der Waals surface area contributed by atoms with Crippen molar-refractivity contribution in [2.24, 2.45) is 0 Å². The van der Waals surface area contributed by atoms with Gasteiger partial charge in [-0.2, -0.15) is 0 Å². The highest BCUT2D eigenvalue weighted by Crippen LogP contribution is 2.23. The summed E-state index contributed by atoms with van der Waals surface area (Å²) in [5.41, 5.74) is 0.482. The van der Waals surface area contributed by atoms with Crippen LogP contribution in [-0.4, -0.2) is 30.7 Å². The summed E-state index contributed by atoms with van der Waals surface area (Å²) in [5.74, 6) is -0.618. The van der Waals surface area contributed by atoms with E-state index < -0.39 is 5.97 Å². The summed E-state index contributed by atoms with van der Waals surface area (Å²) in [6, 6.07) is 1.67. The molecule has 6 heteroatoms. The number of rotatable bonds is 6. The number of thiophene rings is 1. The van der Waals surface area contributed by atoms with E-state index in [4.69, 9.17) is 5.11 Å². The molecule has 1 amide bonds. The molecule has 0 fully saturated rings. The van der Waals surface area contributed by atoms with Crippen LogP contribution < -0.4 is 5.32 Å². The van der Waals surface area contributed by atoms with E-state index in [9.17, 15) is 9.59 Å². The fourth-order valence-corrected chi connectivity index (χ4v) is 2.03. The molecule has 0 aliphatic carbocycles. The van der Waals surface area contributed by atoms with Crippen LogP contribution in [0, 0.1) is 0 Å². The van der Waals surface area contributed by atoms with E-state index in [1.54, 1.807) is 11.4 Å². The standard InChI is InChI=1S/C11H15NO4S/c1-16-11(15)10-8(5-7-17-10)12-9(14)4-2-3-6-13/h5,7,13H,2-4,6H2,1H3,(H,12,14). The van der Waals surface area contributed by atoms with Gasteiger partial charge in [-0.3, -0.25) is 4.79 Å². The molecule has 1 rings (SSSR count). The Morgan fingerprint density at radius 1 is 1.47 bits per heavy atom. The van der Waals surface area contributed by atoms with E-state index in [1.807, 2.05) is 0 Å². The van der Waals surface area contributed by atoms with Crippen LogP contribution in [0.2, 0.25) is 0 Å². The van der Waals surface area contributed by atoms with Crippen molar-refractivity contribution >= 4 is 28.9 Å². The van der Waals surface area contributed by atoms with E-state index in [0.717, 1.165) is 0 Å². The lowest BCUT2D eigenvalue weighted by molar-refractivity contribution is -0.116. The molecule has 0 aliphatic rings. The molecule has 0 bridgehead atoms. The zero-order chi connectivity index (χ0) is 12.7. The second-order valence-corrected chi connectivity index (χ2v) is 4.30. The van der Waals surface area contributed by atoms with E-state index >= 15 is 0 Å². The van der Waals surface area contributed by atoms with Crippen molar-refractivity contribution in [1.29, 1.82) is 0 Å². The molecule has 0 spiro atoms. The summed E-state index contributed by atoms with van der Waals surface area (Å²) < 4.78 is 4.60. The lowest BCUT2D eigenvalue weighted by Crippen LogP contribution is -2.13. The van der Waals surface area contributed by atoms with Gasteiger partial charge in [-0.15, -0.1) is 11.3 Å². The lowest BCUT2D eigenvalue weighted by atomic mass is 10.2. The average molecular weight is 257 g/mol. The first-order valence-electron chi connectivity index (χ1n) is 5.25. The lowest BCUT2D eigenvalue weighted by Gasteiger charge is -2.04. The maximum atomic E-state index is 11.5. The highest BCUT2D eigenvalue weighted by molar-refractivity contribution is 7.12. The molecule has 0 aromatic carbocycles. The van der Waals surface area contributed by atoms with Crippen molar-refractivity contribution in [2.45, 2.75) is 19.3 Å². The topological polar surface area (TPSA) is 75.6 Å². The van der Waals surface area contributed by atoms with Gasteiger partial charge in [-0.1, -0.05) is 0 Å². The zero-order valence-electron chi connectivity index (χ0n) is 9.56. The number of aliphatic hydroxyl groups is 1. The smallest absolute Gasteiger partial charge is 0.350 e. The second-order valence-electron chi connectivity index (χ2n) is 3.38. The van der Waals surface area contributed by atoms with Crippen molar-refractivity contribution in [3.05, 3.63) is 16.3 Å². The molecule has 0 saturated heterocycles. The number of carbonyl (C=O) groups is 2. The van der Waals surface area contributed by atoms with Crippen molar-refractivity contribution in [3.63, 3.8) is 0 Å². The van der Waals surface area contributed by atoms with E-state index in [0.29, 0.717) is 29.8 Å². The molecule has 1 aromatic rings. The minimum absolute atomic E-state index is 0.0825. The predicted octanol–water partition coefficient (Wildman–Crippen LogP) is 1.64. The van der Waals surface area contributed by atoms with Crippen LogP contribution >= 0.6 is 11.3 Å². The molecule has 2 N–H and O–H groups in total. The Labute approximate surface area is 103 Å². The maximum absolute atomic E-state index is 11.5. The molecular formula is C11H15NO4S. The first-order chi connectivity index (χ1) is 8.19. The average Bonchev–Trinajstić information content (AvgIpc) is 2.76. The minimum Gasteiger partial charge on any atom is -0.465 e. The third-order valence-corrected chi connectivity index (χ3v) is 3.02. The number of anilines is 1. The van der Waals surface area contributed by atoms with Crippen LogP contribution in [0.3, 0.4) is 0 Å². The third-order valence-electron chi connectivity index (χ3n) is 2.12. The minimum atomic E-state index is -0.453. The van der Waals surface area contributed by atoms with Crippen LogP contribution in [0.1, 0.15) is 28.9 Å². The van der Waals surface area contributed by atoms with Crippen molar-refractivity contribution in [2.75, 3.05) is 19.0 Å². The first-order valence-corrected chi connectivity index (χ1v) is 6.13. The Kier molecular flexibility index (Phi) is 5.65. The Morgan fingerprint density at radius 3 is 2.88 bits per heavy atom. The maximum Gasteiger partial charge on any atom is 0.350 e.